The molecular weight excluding hydrogens is 370 g/mol. The van der Waals surface area contributed by atoms with E-state index in [-0.39, 0.29) is 0 Å². The number of hydrogen-bond donors (Lipinski definition) is 2. The lowest BCUT2D eigenvalue weighted by molar-refractivity contribution is -0.0786. The Morgan fingerprint density at radius 3 is 2.63 bits per heavy atom. The summed E-state index contributed by atoms with van der Waals surface area (Å²) in [7, 11) is 0. The first kappa shape index (κ1) is 22.5. The predicted molar refractivity (Wildman–Crippen MR) is 124 cm³/mol. The highest BCUT2D eigenvalue weighted by molar-refractivity contribution is 5.07. The molecule has 0 amide bonds. The summed E-state index contributed by atoms with van der Waals surface area (Å²) in [6.07, 6.45) is 16.4. The number of ether oxygens (including phenoxy) is 1. The molecule has 0 aromatic rings. The van der Waals surface area contributed by atoms with Crippen LogP contribution in [0.3, 0.4) is 0 Å². The Morgan fingerprint density at radius 1 is 1.07 bits per heavy atom. The normalized spacial score (nSPS) is 44.3. The second kappa shape index (κ2) is 9.40. The van der Waals surface area contributed by atoms with Gasteiger partial charge in [-0.25, -0.2) is 5.84 Å². The first-order valence-electron chi connectivity index (χ1n) is 12.9. The first-order valence-corrected chi connectivity index (χ1v) is 12.9. The fourth-order valence-corrected chi connectivity index (χ4v) is 8.99. The summed E-state index contributed by atoms with van der Waals surface area (Å²) >= 11 is 0. The van der Waals surface area contributed by atoms with Gasteiger partial charge in [0.1, 0.15) is 0 Å². The van der Waals surface area contributed by atoms with Crippen molar-refractivity contribution in [3.05, 3.63) is 12.4 Å². The topological polar surface area (TPSA) is 64.5 Å². The molecule has 0 heterocycles. The van der Waals surface area contributed by atoms with Crippen molar-refractivity contribution >= 4 is 0 Å². The molecule has 4 aliphatic carbocycles. The molecule has 0 aliphatic heterocycles. The van der Waals surface area contributed by atoms with Gasteiger partial charge in [-0.15, -0.1) is 0 Å². The molecule has 0 aromatic carbocycles. The minimum atomic E-state index is 0.521. The molecule has 4 aliphatic rings. The fourth-order valence-electron chi connectivity index (χ4n) is 8.99. The average molecular weight is 418 g/mol. The van der Waals surface area contributed by atoms with E-state index in [2.05, 4.69) is 20.8 Å². The van der Waals surface area contributed by atoms with Crippen LogP contribution in [0.25, 0.3) is 0 Å². The number of fused-ring (bicyclic) bond motifs is 5. The van der Waals surface area contributed by atoms with Crippen LogP contribution in [0.2, 0.25) is 0 Å². The quantitative estimate of drug-likeness (QED) is 0.444. The summed E-state index contributed by atoms with van der Waals surface area (Å²) in [6.45, 7) is 10.00. The molecule has 4 fully saturated rings. The van der Waals surface area contributed by atoms with Crippen molar-refractivity contribution in [2.45, 2.75) is 78.6 Å². The highest BCUT2D eigenvalue weighted by atomic mass is 16.5. The average Bonchev–Trinajstić information content (AvgIpc) is 3.09. The van der Waals surface area contributed by atoms with Crippen molar-refractivity contribution in [1.82, 2.24) is 5.01 Å². The van der Waals surface area contributed by atoms with Crippen LogP contribution in [-0.4, -0.2) is 24.8 Å². The summed E-state index contributed by atoms with van der Waals surface area (Å²) in [6, 6.07) is 0. The van der Waals surface area contributed by atoms with E-state index >= 15 is 0 Å². The van der Waals surface area contributed by atoms with E-state index in [4.69, 9.17) is 16.3 Å². The molecule has 4 rings (SSSR count). The van der Waals surface area contributed by atoms with Gasteiger partial charge in [0.05, 0.1) is 0 Å². The van der Waals surface area contributed by atoms with Crippen molar-refractivity contribution < 1.29 is 4.74 Å². The van der Waals surface area contributed by atoms with Crippen LogP contribution in [0, 0.1) is 52.8 Å². The van der Waals surface area contributed by atoms with Crippen LogP contribution in [0.1, 0.15) is 78.6 Å². The van der Waals surface area contributed by atoms with E-state index in [1.807, 2.05) is 6.20 Å². The lowest BCUT2D eigenvalue weighted by atomic mass is 9.49. The zero-order valence-electron chi connectivity index (χ0n) is 19.8. The minimum Gasteiger partial charge on any atom is -0.403 e. The van der Waals surface area contributed by atoms with Gasteiger partial charge >= 0.3 is 0 Å². The number of nitrogens with zero attached hydrogens (tertiary/aromatic N) is 1. The van der Waals surface area contributed by atoms with Crippen molar-refractivity contribution in [1.29, 1.82) is 0 Å². The summed E-state index contributed by atoms with van der Waals surface area (Å²) in [5, 5.41) is 1.79. The SMILES string of the molecule is CCOCC1CCC2C(CCC3C2CCC2(C)C(C(C)CN(N)/C=C\N)CCC32)C1. The van der Waals surface area contributed by atoms with Gasteiger partial charge in [0.2, 0.25) is 0 Å². The second-order valence-corrected chi connectivity index (χ2v) is 11.5. The monoisotopic (exact) mass is 417 g/mol. The van der Waals surface area contributed by atoms with Crippen molar-refractivity contribution in [2.75, 3.05) is 19.8 Å². The maximum atomic E-state index is 6.14. The van der Waals surface area contributed by atoms with E-state index < -0.39 is 0 Å². The molecule has 0 bridgehead atoms. The van der Waals surface area contributed by atoms with Gasteiger partial charge in [0.25, 0.3) is 0 Å². The van der Waals surface area contributed by atoms with E-state index in [0.717, 1.165) is 61.2 Å². The van der Waals surface area contributed by atoms with Gasteiger partial charge in [0, 0.05) is 32.2 Å². The molecule has 0 saturated heterocycles. The molecule has 0 spiro atoms. The van der Waals surface area contributed by atoms with Crippen molar-refractivity contribution in [3.8, 4) is 0 Å². The van der Waals surface area contributed by atoms with Gasteiger partial charge in [-0.1, -0.05) is 13.8 Å². The molecule has 4 N–H and O–H groups in total. The lowest BCUT2D eigenvalue weighted by Crippen LogP contribution is -2.50. The molecule has 0 aromatic heterocycles. The number of hydrogen-bond acceptors (Lipinski definition) is 4. The third-order valence-electron chi connectivity index (χ3n) is 10.2. The highest BCUT2D eigenvalue weighted by Gasteiger charge is 2.57. The summed E-state index contributed by atoms with van der Waals surface area (Å²) < 4.78 is 5.78. The number of hydrazine groups is 1. The van der Waals surface area contributed by atoms with Gasteiger partial charge in [-0.3, -0.25) is 0 Å². The Kier molecular flexibility index (Phi) is 7.04. The van der Waals surface area contributed by atoms with Gasteiger partial charge in [-0.2, -0.15) is 0 Å². The van der Waals surface area contributed by atoms with E-state index in [0.29, 0.717) is 11.3 Å². The molecule has 9 atom stereocenters. The fraction of sp³-hybridized carbons (Fsp3) is 0.923. The van der Waals surface area contributed by atoms with Crippen LogP contribution in [0.5, 0.6) is 0 Å². The maximum Gasteiger partial charge on any atom is 0.0494 e. The Hall–Kier alpha value is -0.740. The van der Waals surface area contributed by atoms with Crippen LogP contribution in [0.15, 0.2) is 12.4 Å². The predicted octanol–water partition coefficient (Wildman–Crippen LogP) is 5.15. The van der Waals surface area contributed by atoms with Crippen LogP contribution in [-0.2, 0) is 4.74 Å². The summed E-state index contributed by atoms with van der Waals surface area (Å²) in [4.78, 5) is 0. The summed E-state index contributed by atoms with van der Waals surface area (Å²) in [5.74, 6) is 13.3. The van der Waals surface area contributed by atoms with Crippen molar-refractivity contribution in [2.24, 2.45) is 64.3 Å². The second-order valence-electron chi connectivity index (χ2n) is 11.5. The smallest absolute Gasteiger partial charge is 0.0494 e. The zero-order valence-corrected chi connectivity index (χ0v) is 19.8. The van der Waals surface area contributed by atoms with Crippen LogP contribution in [0.4, 0.5) is 0 Å². The van der Waals surface area contributed by atoms with Gasteiger partial charge in [-0.05, 0) is 117 Å². The van der Waals surface area contributed by atoms with Gasteiger partial charge < -0.3 is 15.5 Å². The van der Waals surface area contributed by atoms with E-state index in [9.17, 15) is 0 Å². The molecule has 4 heteroatoms. The lowest BCUT2D eigenvalue weighted by Gasteiger charge is -2.57. The molecule has 0 radical (unpaired) electrons. The maximum absolute atomic E-state index is 6.14. The van der Waals surface area contributed by atoms with Crippen LogP contribution < -0.4 is 11.6 Å². The number of nitrogens with two attached hydrogens (primary N) is 2. The minimum absolute atomic E-state index is 0.521. The molecule has 4 nitrogen and oxygen atoms in total. The Balaban J connectivity index is 1.40. The molecule has 30 heavy (non-hydrogen) atoms. The van der Waals surface area contributed by atoms with Gasteiger partial charge in [0.15, 0.2) is 0 Å². The van der Waals surface area contributed by atoms with Crippen LogP contribution >= 0.6 is 0 Å². The van der Waals surface area contributed by atoms with Crippen molar-refractivity contribution in [3.63, 3.8) is 0 Å². The third kappa shape index (κ3) is 4.16. The largest absolute Gasteiger partial charge is 0.403 e. The number of rotatable bonds is 7. The summed E-state index contributed by atoms with van der Waals surface area (Å²) in [5.41, 5.74) is 6.06. The Bertz CT molecular complexity index is 595. The Morgan fingerprint density at radius 2 is 1.87 bits per heavy atom. The van der Waals surface area contributed by atoms with E-state index in [1.165, 1.54) is 57.8 Å². The third-order valence-corrected chi connectivity index (χ3v) is 10.2. The van der Waals surface area contributed by atoms with E-state index in [1.54, 1.807) is 11.2 Å². The zero-order chi connectivity index (χ0) is 21.3. The Labute approximate surface area is 185 Å². The molecule has 9 unspecified atom stereocenters. The first-order chi connectivity index (χ1) is 14.5. The molecule has 172 valence electrons. The standard InChI is InChI=1S/C26H47N3O/c1-4-30-17-19-5-7-21-20(15-19)6-8-23-22(21)11-12-26(3)24(9-10-25(23)26)18(2)16-29(28)14-13-27/h13-14,18-25H,4-12,15-17,27-28H2,1-3H3/b14-13-. The highest BCUT2D eigenvalue weighted by Crippen LogP contribution is 2.65. The molecule has 4 saturated carbocycles. The molecular formula is C26H47N3O.